The zero-order chi connectivity index (χ0) is 17.0. The Bertz CT molecular complexity index is 563. The fraction of sp³-hybridized carbons (Fsp3) is 0.500. The Hall–Kier alpha value is -1.75. The van der Waals surface area contributed by atoms with Gasteiger partial charge in [-0.2, -0.15) is 0 Å². The van der Waals surface area contributed by atoms with E-state index < -0.39 is 0 Å². The van der Waals surface area contributed by atoms with Crippen LogP contribution in [0.5, 0.6) is 5.88 Å². The Kier molecular flexibility index (Phi) is 5.83. The molecular formula is C16H23ClN4O. The lowest BCUT2D eigenvalue weighted by Gasteiger charge is -2.16. The number of aromatic hydroxyl groups is 1. The highest BCUT2D eigenvalue weighted by atomic mass is 35.5. The van der Waals surface area contributed by atoms with Gasteiger partial charge in [0, 0.05) is 16.9 Å². The molecule has 0 saturated heterocycles. The number of aromatic nitrogens is 4. The van der Waals surface area contributed by atoms with Gasteiger partial charge in [0.05, 0.1) is 11.4 Å². The van der Waals surface area contributed by atoms with Crippen molar-refractivity contribution in [2.24, 2.45) is 0 Å². The first-order chi connectivity index (χ1) is 10.00. The summed E-state index contributed by atoms with van der Waals surface area (Å²) in [5.74, 6) is 0.0323. The highest BCUT2D eigenvalue weighted by Crippen LogP contribution is 2.21. The highest BCUT2D eigenvalue weighted by Gasteiger charge is 2.16. The second-order valence-electron chi connectivity index (χ2n) is 6.99. The molecule has 0 fully saturated rings. The summed E-state index contributed by atoms with van der Waals surface area (Å²) >= 11 is 5.70. The van der Waals surface area contributed by atoms with Crippen LogP contribution in [-0.4, -0.2) is 25.0 Å². The Morgan fingerprint density at radius 1 is 0.773 bits per heavy atom. The van der Waals surface area contributed by atoms with Gasteiger partial charge in [0.2, 0.25) is 5.88 Å². The van der Waals surface area contributed by atoms with Crippen LogP contribution in [-0.2, 0) is 10.8 Å². The van der Waals surface area contributed by atoms with E-state index in [-0.39, 0.29) is 16.7 Å². The molecule has 22 heavy (non-hydrogen) atoms. The molecule has 0 aliphatic rings. The van der Waals surface area contributed by atoms with E-state index in [4.69, 9.17) is 16.7 Å². The quantitative estimate of drug-likeness (QED) is 0.744. The van der Waals surface area contributed by atoms with E-state index in [2.05, 4.69) is 40.7 Å². The molecule has 2 heterocycles. The smallest absolute Gasteiger partial charge is 0.214 e. The number of nitrogens with zero attached hydrogens (tertiary/aromatic N) is 4. The molecule has 0 aromatic carbocycles. The first kappa shape index (κ1) is 18.3. The topological polar surface area (TPSA) is 71.8 Å². The van der Waals surface area contributed by atoms with Gasteiger partial charge in [-0.25, -0.2) is 19.9 Å². The van der Waals surface area contributed by atoms with Gasteiger partial charge in [-0.1, -0.05) is 53.1 Å². The van der Waals surface area contributed by atoms with Crippen LogP contribution in [0, 0.1) is 0 Å². The maximum atomic E-state index is 9.03. The van der Waals surface area contributed by atoms with Gasteiger partial charge in [0.1, 0.15) is 17.8 Å². The summed E-state index contributed by atoms with van der Waals surface area (Å²) in [7, 11) is 0. The average Bonchev–Trinajstić information content (AvgIpc) is 2.37. The van der Waals surface area contributed by atoms with Gasteiger partial charge in [-0.15, -0.1) is 0 Å². The third-order valence-electron chi connectivity index (χ3n) is 2.82. The SMILES string of the molecule is CC(C)(C)c1cc(Cl)ncn1.CC(C)(C)c1cc(O)ncn1. The first-order valence-electron chi connectivity index (χ1n) is 6.99. The average molecular weight is 323 g/mol. The molecule has 0 bridgehead atoms. The van der Waals surface area contributed by atoms with Crippen molar-refractivity contribution in [1.82, 2.24) is 19.9 Å². The van der Waals surface area contributed by atoms with Gasteiger partial charge < -0.3 is 5.11 Å². The summed E-state index contributed by atoms with van der Waals surface area (Å²) < 4.78 is 0. The van der Waals surface area contributed by atoms with Crippen molar-refractivity contribution in [2.75, 3.05) is 0 Å². The van der Waals surface area contributed by atoms with Crippen molar-refractivity contribution < 1.29 is 5.11 Å². The summed E-state index contributed by atoms with van der Waals surface area (Å²) in [6.07, 6.45) is 2.86. The number of halogens is 1. The monoisotopic (exact) mass is 322 g/mol. The summed E-state index contributed by atoms with van der Waals surface area (Å²) in [5.41, 5.74) is 1.84. The molecule has 1 N–H and O–H groups in total. The Morgan fingerprint density at radius 2 is 1.23 bits per heavy atom. The van der Waals surface area contributed by atoms with Crippen molar-refractivity contribution in [3.05, 3.63) is 41.3 Å². The predicted molar refractivity (Wildman–Crippen MR) is 88.1 cm³/mol. The molecule has 0 atom stereocenters. The third-order valence-corrected chi connectivity index (χ3v) is 3.03. The molecular weight excluding hydrogens is 300 g/mol. The van der Waals surface area contributed by atoms with Gasteiger partial charge in [-0.05, 0) is 6.07 Å². The molecule has 0 amide bonds. The maximum absolute atomic E-state index is 9.03. The normalized spacial score (nSPS) is 11.6. The van der Waals surface area contributed by atoms with Gasteiger partial charge in [0.25, 0.3) is 0 Å². The van der Waals surface area contributed by atoms with Crippen molar-refractivity contribution >= 4 is 11.6 Å². The lowest BCUT2D eigenvalue weighted by atomic mass is 9.92. The Labute approximate surface area is 136 Å². The summed E-state index contributed by atoms with van der Waals surface area (Å²) in [5, 5.41) is 9.53. The minimum Gasteiger partial charge on any atom is -0.493 e. The molecule has 5 nitrogen and oxygen atoms in total. The van der Waals surface area contributed by atoms with Crippen LogP contribution in [0.2, 0.25) is 5.15 Å². The van der Waals surface area contributed by atoms with Gasteiger partial charge in [-0.3, -0.25) is 0 Å². The zero-order valence-electron chi connectivity index (χ0n) is 13.9. The largest absolute Gasteiger partial charge is 0.493 e. The van der Waals surface area contributed by atoms with E-state index >= 15 is 0 Å². The fourth-order valence-electron chi connectivity index (χ4n) is 1.50. The first-order valence-corrected chi connectivity index (χ1v) is 7.37. The van der Waals surface area contributed by atoms with E-state index in [1.54, 1.807) is 12.1 Å². The molecule has 0 aliphatic carbocycles. The van der Waals surface area contributed by atoms with Crippen molar-refractivity contribution in [1.29, 1.82) is 0 Å². The highest BCUT2D eigenvalue weighted by molar-refractivity contribution is 6.29. The zero-order valence-corrected chi connectivity index (χ0v) is 14.7. The third kappa shape index (κ3) is 5.93. The van der Waals surface area contributed by atoms with Crippen LogP contribution in [0.1, 0.15) is 52.9 Å². The van der Waals surface area contributed by atoms with Crippen LogP contribution in [0.4, 0.5) is 0 Å². The fourth-order valence-corrected chi connectivity index (χ4v) is 1.65. The number of rotatable bonds is 0. The summed E-state index contributed by atoms with van der Waals surface area (Å²) in [6, 6.07) is 3.38. The maximum Gasteiger partial charge on any atom is 0.214 e. The second kappa shape index (κ2) is 7.01. The van der Waals surface area contributed by atoms with E-state index in [0.29, 0.717) is 5.15 Å². The van der Waals surface area contributed by atoms with E-state index in [1.807, 2.05) is 20.8 Å². The molecule has 0 unspecified atom stereocenters. The molecule has 120 valence electrons. The minimum absolute atomic E-state index is 0.0274. The van der Waals surface area contributed by atoms with Crippen molar-refractivity contribution in [3.63, 3.8) is 0 Å². The lowest BCUT2D eigenvalue weighted by molar-refractivity contribution is 0.445. The van der Waals surface area contributed by atoms with E-state index in [1.165, 1.54) is 12.7 Å². The summed E-state index contributed by atoms with van der Waals surface area (Å²) in [6.45, 7) is 12.4. The summed E-state index contributed by atoms with van der Waals surface area (Å²) in [4.78, 5) is 15.6. The second-order valence-corrected chi connectivity index (χ2v) is 7.37. The molecule has 6 heteroatoms. The van der Waals surface area contributed by atoms with Crippen LogP contribution < -0.4 is 0 Å². The predicted octanol–water partition coefficient (Wildman–Crippen LogP) is 3.91. The standard InChI is InChI=1S/C8H11ClN2.C8H12N2O/c1-8(2,3)6-4-7(9)11-5-10-6;1-8(2,3)6-4-7(11)10-5-9-6/h4-5H,1-3H3;4-5H,1-3H3,(H,9,10,11). The Balaban J connectivity index is 0.000000220. The molecule has 0 radical (unpaired) electrons. The molecule has 0 aliphatic heterocycles. The van der Waals surface area contributed by atoms with Gasteiger partial charge in [0.15, 0.2) is 0 Å². The molecule has 0 saturated carbocycles. The number of hydrogen-bond acceptors (Lipinski definition) is 5. The van der Waals surface area contributed by atoms with Crippen LogP contribution in [0.25, 0.3) is 0 Å². The minimum atomic E-state index is -0.0274. The van der Waals surface area contributed by atoms with Crippen molar-refractivity contribution in [2.45, 2.75) is 52.4 Å². The number of hydrogen-bond donors (Lipinski definition) is 1. The molecule has 2 aromatic heterocycles. The molecule has 2 rings (SSSR count). The van der Waals surface area contributed by atoms with E-state index in [0.717, 1.165) is 11.4 Å². The van der Waals surface area contributed by atoms with Crippen molar-refractivity contribution in [3.8, 4) is 5.88 Å². The van der Waals surface area contributed by atoms with Crippen LogP contribution in [0.15, 0.2) is 24.8 Å². The lowest BCUT2D eigenvalue weighted by Crippen LogP contribution is -2.13. The molecule has 2 aromatic rings. The van der Waals surface area contributed by atoms with Crippen LogP contribution >= 0.6 is 11.6 Å². The van der Waals surface area contributed by atoms with Crippen LogP contribution in [0.3, 0.4) is 0 Å². The van der Waals surface area contributed by atoms with E-state index in [9.17, 15) is 0 Å². The van der Waals surface area contributed by atoms with Gasteiger partial charge >= 0.3 is 0 Å². The Morgan fingerprint density at radius 3 is 1.55 bits per heavy atom. The molecule has 0 spiro atoms.